The summed E-state index contributed by atoms with van der Waals surface area (Å²) in [6.07, 6.45) is 1.30. The van der Waals surface area contributed by atoms with E-state index in [-0.39, 0.29) is 0 Å². The molecule has 19 heavy (non-hydrogen) atoms. The Labute approximate surface area is 122 Å². The van der Waals surface area contributed by atoms with E-state index in [1.807, 2.05) is 0 Å². The number of rotatable bonds is 2. The van der Waals surface area contributed by atoms with Gasteiger partial charge in [-0.3, -0.25) is 0 Å². The van der Waals surface area contributed by atoms with E-state index < -0.39 is 0 Å². The largest absolute Gasteiger partial charge is 0.389 e. The molecule has 2 N–H and O–H groups in total. The van der Waals surface area contributed by atoms with E-state index in [0.717, 1.165) is 12.1 Å². The van der Waals surface area contributed by atoms with Gasteiger partial charge >= 0.3 is 0 Å². The summed E-state index contributed by atoms with van der Waals surface area (Å²) < 4.78 is 0. The number of nitrogens with two attached hydrogens (primary N) is 1. The van der Waals surface area contributed by atoms with Crippen molar-refractivity contribution in [3.8, 4) is 0 Å². The molecule has 2 nitrogen and oxygen atoms in total. The van der Waals surface area contributed by atoms with Gasteiger partial charge in [0.2, 0.25) is 0 Å². The van der Waals surface area contributed by atoms with Crippen molar-refractivity contribution in [2.24, 2.45) is 17.6 Å². The van der Waals surface area contributed by atoms with Gasteiger partial charge in [-0.2, -0.15) is 0 Å². The minimum absolute atomic E-state index is 0.494. The Bertz CT molecular complexity index is 484. The first kappa shape index (κ1) is 14.3. The zero-order valence-electron chi connectivity index (χ0n) is 12.3. The summed E-state index contributed by atoms with van der Waals surface area (Å²) >= 11 is 5.21. The molecule has 1 aromatic rings. The second-order valence-corrected chi connectivity index (χ2v) is 6.54. The third kappa shape index (κ3) is 2.92. The average Bonchev–Trinajstić information content (AvgIpc) is 2.33. The maximum Gasteiger partial charge on any atom is 0.106 e. The standard InChI is InChI=1S/C16H24N2S/c1-10-5-6-14(16(17)19)15(8-10)18-9-11(2)7-12(3)13(18)4/h5-6,8,11-13H,7,9H2,1-4H3,(H2,17,19). The predicted molar refractivity (Wildman–Crippen MR) is 86.8 cm³/mol. The number of thiocarbonyl (C=S) groups is 1. The monoisotopic (exact) mass is 276 g/mol. The Morgan fingerprint density at radius 1 is 1.32 bits per heavy atom. The van der Waals surface area contributed by atoms with Crippen LogP contribution in [0.1, 0.15) is 38.3 Å². The number of hydrogen-bond acceptors (Lipinski definition) is 2. The zero-order valence-corrected chi connectivity index (χ0v) is 13.1. The van der Waals surface area contributed by atoms with Gasteiger partial charge in [0.15, 0.2) is 0 Å². The highest BCUT2D eigenvalue weighted by Crippen LogP contribution is 2.33. The molecule has 1 saturated heterocycles. The van der Waals surface area contributed by atoms with E-state index in [9.17, 15) is 0 Å². The van der Waals surface area contributed by atoms with E-state index >= 15 is 0 Å². The molecule has 1 aliphatic heterocycles. The first-order chi connectivity index (χ1) is 8.90. The van der Waals surface area contributed by atoms with Crippen LogP contribution in [-0.4, -0.2) is 17.6 Å². The molecule has 1 aromatic carbocycles. The van der Waals surface area contributed by atoms with E-state index in [0.29, 0.717) is 22.9 Å². The lowest BCUT2D eigenvalue weighted by atomic mass is 9.85. The molecule has 0 bridgehead atoms. The van der Waals surface area contributed by atoms with E-state index in [4.69, 9.17) is 18.0 Å². The Kier molecular flexibility index (Phi) is 4.14. The number of anilines is 1. The molecule has 3 atom stereocenters. The van der Waals surface area contributed by atoms with Gasteiger partial charge < -0.3 is 10.6 Å². The number of piperidine rings is 1. The third-order valence-corrected chi connectivity index (χ3v) is 4.55. The second-order valence-electron chi connectivity index (χ2n) is 6.10. The van der Waals surface area contributed by atoms with Crippen LogP contribution in [0.3, 0.4) is 0 Å². The van der Waals surface area contributed by atoms with Crippen LogP contribution in [-0.2, 0) is 0 Å². The van der Waals surface area contributed by atoms with Crippen molar-refractivity contribution in [1.82, 2.24) is 0 Å². The molecule has 0 amide bonds. The summed E-state index contributed by atoms with van der Waals surface area (Å²) in [5, 5.41) is 0. The molecule has 2 rings (SSSR count). The molecule has 0 radical (unpaired) electrons. The lowest BCUT2D eigenvalue weighted by Gasteiger charge is -2.43. The average molecular weight is 276 g/mol. The van der Waals surface area contributed by atoms with Crippen molar-refractivity contribution >= 4 is 22.9 Å². The highest BCUT2D eigenvalue weighted by Gasteiger charge is 2.30. The maximum absolute atomic E-state index is 5.89. The van der Waals surface area contributed by atoms with Gasteiger partial charge in [-0.15, -0.1) is 0 Å². The molecule has 0 aromatic heterocycles. The molecule has 1 aliphatic rings. The predicted octanol–water partition coefficient (Wildman–Crippen LogP) is 3.50. The third-order valence-electron chi connectivity index (χ3n) is 4.33. The van der Waals surface area contributed by atoms with E-state index in [1.165, 1.54) is 17.7 Å². The Hall–Kier alpha value is -1.09. The van der Waals surface area contributed by atoms with Crippen LogP contribution in [0.4, 0.5) is 5.69 Å². The van der Waals surface area contributed by atoms with Crippen molar-refractivity contribution in [3.05, 3.63) is 29.3 Å². The quantitative estimate of drug-likeness (QED) is 0.838. The topological polar surface area (TPSA) is 29.3 Å². The molecule has 0 aliphatic carbocycles. The normalized spacial score (nSPS) is 27.4. The Morgan fingerprint density at radius 3 is 2.63 bits per heavy atom. The Morgan fingerprint density at radius 2 is 2.00 bits per heavy atom. The van der Waals surface area contributed by atoms with Gasteiger partial charge in [0.25, 0.3) is 0 Å². The first-order valence-electron chi connectivity index (χ1n) is 7.07. The van der Waals surface area contributed by atoms with Gasteiger partial charge in [-0.05, 0) is 49.8 Å². The molecule has 1 fully saturated rings. The maximum atomic E-state index is 5.89. The van der Waals surface area contributed by atoms with Crippen LogP contribution in [0.25, 0.3) is 0 Å². The van der Waals surface area contributed by atoms with Crippen LogP contribution in [0, 0.1) is 18.8 Å². The van der Waals surface area contributed by atoms with Gasteiger partial charge in [-0.25, -0.2) is 0 Å². The van der Waals surface area contributed by atoms with Gasteiger partial charge in [0.1, 0.15) is 4.99 Å². The molecular formula is C16H24N2S. The fourth-order valence-electron chi connectivity index (χ4n) is 3.12. The van der Waals surface area contributed by atoms with Crippen LogP contribution in [0.5, 0.6) is 0 Å². The molecule has 3 unspecified atom stereocenters. The van der Waals surface area contributed by atoms with Crippen molar-refractivity contribution in [1.29, 1.82) is 0 Å². The van der Waals surface area contributed by atoms with Crippen molar-refractivity contribution in [2.45, 2.75) is 40.2 Å². The van der Waals surface area contributed by atoms with Crippen LogP contribution in [0.15, 0.2) is 18.2 Å². The van der Waals surface area contributed by atoms with Crippen LogP contribution in [0.2, 0.25) is 0 Å². The minimum atomic E-state index is 0.494. The lowest BCUT2D eigenvalue weighted by molar-refractivity contribution is 0.297. The van der Waals surface area contributed by atoms with Gasteiger partial charge in [-0.1, -0.05) is 32.1 Å². The number of hydrogen-bond donors (Lipinski definition) is 1. The van der Waals surface area contributed by atoms with Crippen molar-refractivity contribution in [2.75, 3.05) is 11.4 Å². The van der Waals surface area contributed by atoms with Crippen molar-refractivity contribution in [3.63, 3.8) is 0 Å². The first-order valence-corrected chi connectivity index (χ1v) is 7.48. The summed E-state index contributed by atoms with van der Waals surface area (Å²) in [4.78, 5) is 2.98. The molecule has 0 spiro atoms. The molecular weight excluding hydrogens is 252 g/mol. The highest BCUT2D eigenvalue weighted by atomic mass is 32.1. The summed E-state index contributed by atoms with van der Waals surface area (Å²) in [5.41, 5.74) is 9.36. The van der Waals surface area contributed by atoms with Gasteiger partial charge in [0.05, 0.1) is 0 Å². The van der Waals surface area contributed by atoms with Gasteiger partial charge in [0, 0.05) is 23.8 Å². The second kappa shape index (κ2) is 5.49. The van der Waals surface area contributed by atoms with E-state index in [2.05, 4.69) is 50.8 Å². The van der Waals surface area contributed by atoms with Crippen LogP contribution >= 0.6 is 12.2 Å². The highest BCUT2D eigenvalue weighted by molar-refractivity contribution is 7.80. The number of nitrogens with zero attached hydrogens (tertiary/aromatic N) is 1. The Balaban J connectivity index is 2.44. The SMILES string of the molecule is Cc1ccc(C(N)=S)c(N2CC(C)CC(C)C2C)c1. The lowest BCUT2D eigenvalue weighted by Crippen LogP contribution is -2.46. The molecule has 1 heterocycles. The smallest absolute Gasteiger partial charge is 0.106 e. The number of aryl methyl sites for hydroxylation is 1. The molecule has 0 saturated carbocycles. The van der Waals surface area contributed by atoms with Crippen molar-refractivity contribution < 1.29 is 0 Å². The summed E-state index contributed by atoms with van der Waals surface area (Å²) in [7, 11) is 0. The number of benzene rings is 1. The molecule has 3 heteroatoms. The summed E-state index contributed by atoms with van der Waals surface area (Å²) in [6.45, 7) is 10.2. The fraction of sp³-hybridized carbons (Fsp3) is 0.562. The van der Waals surface area contributed by atoms with E-state index in [1.54, 1.807) is 0 Å². The zero-order chi connectivity index (χ0) is 14.2. The van der Waals surface area contributed by atoms with Crippen LogP contribution < -0.4 is 10.6 Å². The summed E-state index contributed by atoms with van der Waals surface area (Å²) in [6, 6.07) is 6.89. The fourth-order valence-corrected chi connectivity index (χ4v) is 3.29. The minimum Gasteiger partial charge on any atom is -0.389 e. The molecule has 104 valence electrons. The summed E-state index contributed by atoms with van der Waals surface area (Å²) in [5.74, 6) is 1.41.